The van der Waals surface area contributed by atoms with Gasteiger partial charge in [-0.2, -0.15) is 0 Å². The summed E-state index contributed by atoms with van der Waals surface area (Å²) in [6, 6.07) is 11.6. The monoisotopic (exact) mass is 289 g/mol. The number of phenols is 1. The Morgan fingerprint density at radius 3 is 2.65 bits per heavy atom. The van der Waals surface area contributed by atoms with E-state index in [0.717, 1.165) is 11.8 Å². The van der Waals surface area contributed by atoms with Gasteiger partial charge in [0, 0.05) is 11.6 Å². The summed E-state index contributed by atoms with van der Waals surface area (Å²) in [6.07, 6.45) is 1.48. The SMILES string of the molecule is Oc1cc(F)c(Cl)cc1-c1cnnn1-c1ccccc1. The van der Waals surface area contributed by atoms with E-state index in [2.05, 4.69) is 10.3 Å². The highest BCUT2D eigenvalue weighted by atomic mass is 35.5. The van der Waals surface area contributed by atoms with Crippen molar-refractivity contribution in [2.75, 3.05) is 0 Å². The standard InChI is InChI=1S/C14H9ClFN3O/c15-11-6-10(14(20)7-12(11)16)13-8-17-18-19(13)9-4-2-1-3-5-9/h1-8,20H. The minimum atomic E-state index is -0.674. The van der Waals surface area contributed by atoms with E-state index in [0.29, 0.717) is 11.3 Å². The molecule has 0 unspecified atom stereocenters. The molecule has 0 aliphatic carbocycles. The Morgan fingerprint density at radius 1 is 1.15 bits per heavy atom. The van der Waals surface area contributed by atoms with Crippen LogP contribution in [0.5, 0.6) is 5.75 Å². The lowest BCUT2D eigenvalue weighted by molar-refractivity contribution is 0.471. The predicted octanol–water partition coefficient (Wildman–Crippen LogP) is 3.43. The molecule has 6 heteroatoms. The maximum absolute atomic E-state index is 13.3. The Balaban J connectivity index is 2.18. The van der Waals surface area contributed by atoms with Crippen molar-refractivity contribution < 1.29 is 9.50 Å². The first kappa shape index (κ1) is 12.6. The number of nitrogens with zero attached hydrogens (tertiary/aromatic N) is 3. The fourth-order valence-corrected chi connectivity index (χ4v) is 2.08. The molecule has 0 saturated heterocycles. The second-order valence-electron chi connectivity index (χ2n) is 4.15. The molecular formula is C14H9ClFN3O. The van der Waals surface area contributed by atoms with Crippen LogP contribution >= 0.6 is 11.6 Å². The van der Waals surface area contributed by atoms with Crippen molar-refractivity contribution >= 4 is 11.6 Å². The molecule has 0 atom stereocenters. The summed E-state index contributed by atoms with van der Waals surface area (Å²) < 4.78 is 14.8. The summed E-state index contributed by atoms with van der Waals surface area (Å²) in [6.45, 7) is 0. The highest BCUT2D eigenvalue weighted by Crippen LogP contribution is 2.33. The van der Waals surface area contributed by atoms with E-state index in [4.69, 9.17) is 11.6 Å². The number of phenolic OH excluding ortho intramolecular Hbond substituents is 1. The molecule has 0 amide bonds. The molecule has 20 heavy (non-hydrogen) atoms. The van der Waals surface area contributed by atoms with Crippen LogP contribution in [0.2, 0.25) is 5.02 Å². The third-order valence-corrected chi connectivity index (χ3v) is 3.15. The molecule has 0 radical (unpaired) electrons. The number of para-hydroxylation sites is 1. The maximum atomic E-state index is 13.3. The number of aromatic nitrogens is 3. The second-order valence-corrected chi connectivity index (χ2v) is 4.56. The van der Waals surface area contributed by atoms with Gasteiger partial charge in [-0.1, -0.05) is 35.0 Å². The summed E-state index contributed by atoms with van der Waals surface area (Å²) in [5.74, 6) is -0.891. The lowest BCUT2D eigenvalue weighted by Gasteiger charge is -2.08. The van der Waals surface area contributed by atoms with E-state index >= 15 is 0 Å². The van der Waals surface area contributed by atoms with Crippen LogP contribution in [-0.4, -0.2) is 20.1 Å². The topological polar surface area (TPSA) is 50.9 Å². The van der Waals surface area contributed by atoms with Crippen LogP contribution in [0.4, 0.5) is 4.39 Å². The van der Waals surface area contributed by atoms with Crippen LogP contribution in [-0.2, 0) is 0 Å². The average Bonchev–Trinajstić information content (AvgIpc) is 2.93. The molecule has 0 aliphatic rings. The van der Waals surface area contributed by atoms with Gasteiger partial charge in [-0.25, -0.2) is 9.07 Å². The van der Waals surface area contributed by atoms with Gasteiger partial charge in [0.1, 0.15) is 11.6 Å². The summed E-state index contributed by atoms with van der Waals surface area (Å²) in [7, 11) is 0. The Morgan fingerprint density at radius 2 is 1.90 bits per heavy atom. The van der Waals surface area contributed by atoms with Gasteiger partial charge in [0.2, 0.25) is 0 Å². The number of hydrogen-bond donors (Lipinski definition) is 1. The summed E-state index contributed by atoms with van der Waals surface area (Å²) in [4.78, 5) is 0. The highest BCUT2D eigenvalue weighted by molar-refractivity contribution is 6.31. The first-order valence-corrected chi connectivity index (χ1v) is 6.19. The van der Waals surface area contributed by atoms with Crippen molar-refractivity contribution in [1.29, 1.82) is 0 Å². The normalized spacial score (nSPS) is 10.7. The quantitative estimate of drug-likeness (QED) is 0.786. The van der Waals surface area contributed by atoms with Gasteiger partial charge >= 0.3 is 0 Å². The number of aromatic hydroxyl groups is 1. The van der Waals surface area contributed by atoms with Gasteiger partial charge in [0.05, 0.1) is 22.6 Å². The Kier molecular flexibility index (Phi) is 3.12. The molecule has 0 spiro atoms. The fraction of sp³-hybridized carbons (Fsp3) is 0. The predicted molar refractivity (Wildman–Crippen MR) is 73.4 cm³/mol. The lowest BCUT2D eigenvalue weighted by atomic mass is 10.1. The molecule has 3 rings (SSSR count). The largest absolute Gasteiger partial charge is 0.507 e. The number of halogens is 2. The summed E-state index contributed by atoms with van der Waals surface area (Å²) >= 11 is 5.76. The van der Waals surface area contributed by atoms with Crippen LogP contribution in [0.1, 0.15) is 0 Å². The maximum Gasteiger partial charge on any atom is 0.145 e. The minimum Gasteiger partial charge on any atom is -0.507 e. The zero-order valence-corrected chi connectivity index (χ0v) is 10.9. The Bertz CT molecular complexity index is 758. The Labute approximate surface area is 119 Å². The van der Waals surface area contributed by atoms with Crippen molar-refractivity contribution in [3.63, 3.8) is 0 Å². The number of benzene rings is 2. The molecule has 0 saturated carbocycles. The lowest BCUT2D eigenvalue weighted by Crippen LogP contribution is -1.99. The fourth-order valence-electron chi connectivity index (χ4n) is 1.92. The Hall–Kier alpha value is -2.40. The van der Waals surface area contributed by atoms with Crippen LogP contribution in [0.15, 0.2) is 48.7 Å². The van der Waals surface area contributed by atoms with Crippen molar-refractivity contribution in [2.45, 2.75) is 0 Å². The highest BCUT2D eigenvalue weighted by Gasteiger charge is 2.15. The van der Waals surface area contributed by atoms with Gasteiger partial charge in [0.15, 0.2) is 0 Å². The third-order valence-electron chi connectivity index (χ3n) is 2.86. The van der Waals surface area contributed by atoms with E-state index in [1.165, 1.54) is 12.3 Å². The van der Waals surface area contributed by atoms with E-state index in [1.54, 1.807) is 4.68 Å². The molecular weight excluding hydrogens is 281 g/mol. The molecule has 0 bridgehead atoms. The van der Waals surface area contributed by atoms with Gasteiger partial charge in [0.25, 0.3) is 0 Å². The van der Waals surface area contributed by atoms with E-state index in [-0.39, 0.29) is 10.8 Å². The molecule has 0 aliphatic heterocycles. The van der Waals surface area contributed by atoms with E-state index in [1.807, 2.05) is 30.3 Å². The molecule has 2 aromatic carbocycles. The van der Waals surface area contributed by atoms with Gasteiger partial charge in [-0.05, 0) is 18.2 Å². The van der Waals surface area contributed by atoms with Crippen LogP contribution < -0.4 is 0 Å². The molecule has 4 nitrogen and oxygen atoms in total. The van der Waals surface area contributed by atoms with Crippen molar-refractivity contribution in [1.82, 2.24) is 15.0 Å². The third kappa shape index (κ3) is 2.12. The van der Waals surface area contributed by atoms with Crippen molar-refractivity contribution in [3.8, 4) is 22.7 Å². The van der Waals surface area contributed by atoms with Crippen molar-refractivity contribution in [2.24, 2.45) is 0 Å². The van der Waals surface area contributed by atoms with Gasteiger partial charge in [-0.15, -0.1) is 5.10 Å². The van der Waals surface area contributed by atoms with Crippen molar-refractivity contribution in [3.05, 3.63) is 59.5 Å². The van der Waals surface area contributed by atoms with E-state index < -0.39 is 5.82 Å². The van der Waals surface area contributed by atoms with Crippen LogP contribution in [0.25, 0.3) is 16.9 Å². The smallest absolute Gasteiger partial charge is 0.145 e. The molecule has 1 heterocycles. The number of rotatable bonds is 2. The zero-order chi connectivity index (χ0) is 14.1. The molecule has 100 valence electrons. The first-order valence-electron chi connectivity index (χ1n) is 5.81. The second kappa shape index (κ2) is 4.94. The van der Waals surface area contributed by atoms with Gasteiger partial charge in [-0.3, -0.25) is 0 Å². The average molecular weight is 290 g/mol. The molecule has 1 aromatic heterocycles. The summed E-state index contributed by atoms with van der Waals surface area (Å²) in [5.41, 5.74) is 1.67. The minimum absolute atomic E-state index is 0.0707. The summed E-state index contributed by atoms with van der Waals surface area (Å²) in [5, 5.41) is 17.6. The van der Waals surface area contributed by atoms with Crippen LogP contribution in [0.3, 0.4) is 0 Å². The molecule has 1 N–H and O–H groups in total. The molecule has 3 aromatic rings. The zero-order valence-electron chi connectivity index (χ0n) is 10.2. The molecule has 0 fully saturated rings. The van der Waals surface area contributed by atoms with Gasteiger partial charge < -0.3 is 5.11 Å². The number of hydrogen-bond acceptors (Lipinski definition) is 3. The van der Waals surface area contributed by atoms with Crippen LogP contribution in [0, 0.1) is 5.82 Å². The first-order chi connectivity index (χ1) is 9.66. The van der Waals surface area contributed by atoms with E-state index in [9.17, 15) is 9.50 Å².